The molecule has 6 heteroatoms. The molecule has 1 N–H and O–H groups in total. The van der Waals surface area contributed by atoms with Crippen LogP contribution in [0.1, 0.15) is 5.56 Å². The van der Waals surface area contributed by atoms with Crippen LogP contribution in [0.15, 0.2) is 22.7 Å². The highest BCUT2D eigenvalue weighted by Crippen LogP contribution is 2.20. The van der Waals surface area contributed by atoms with Crippen molar-refractivity contribution in [3.05, 3.63) is 34.1 Å². The van der Waals surface area contributed by atoms with E-state index in [1.165, 1.54) is 17.0 Å². The molecule has 0 bridgehead atoms. The lowest BCUT2D eigenvalue weighted by atomic mass is 10.2. The first-order valence-corrected chi connectivity index (χ1v) is 6.50. The summed E-state index contributed by atoms with van der Waals surface area (Å²) in [5.41, 5.74) is 1.01. The third kappa shape index (κ3) is 3.20. The van der Waals surface area contributed by atoms with Gasteiger partial charge in [-0.15, -0.1) is 0 Å². The van der Waals surface area contributed by atoms with E-state index in [1.54, 1.807) is 6.07 Å². The maximum absolute atomic E-state index is 13.0. The molecule has 1 amide bonds. The van der Waals surface area contributed by atoms with Crippen LogP contribution in [0.5, 0.6) is 0 Å². The fraction of sp³-hybridized carbons (Fsp3) is 0.417. The molecule has 4 nitrogen and oxygen atoms in total. The Morgan fingerprint density at radius 2 is 2.00 bits per heavy atom. The van der Waals surface area contributed by atoms with E-state index in [2.05, 4.69) is 20.8 Å². The highest BCUT2D eigenvalue weighted by atomic mass is 79.9. The standard InChI is InChI=1S/C12H14BrFN2O2/c13-11-7-10(14)2-1-9(11)8-15-3-5-16(6-4-15)12(17)18/h1-2,7H,3-6,8H2,(H,17,18). The van der Waals surface area contributed by atoms with Crippen LogP contribution in [0, 0.1) is 5.82 Å². The van der Waals surface area contributed by atoms with Crippen LogP contribution in [-0.2, 0) is 6.54 Å². The molecule has 0 unspecified atom stereocenters. The molecule has 0 aliphatic carbocycles. The zero-order valence-electron chi connectivity index (χ0n) is 9.77. The number of rotatable bonds is 2. The summed E-state index contributed by atoms with van der Waals surface area (Å²) in [4.78, 5) is 14.3. The Kier molecular flexibility index (Phi) is 4.19. The minimum atomic E-state index is -0.863. The van der Waals surface area contributed by atoms with Gasteiger partial charge in [0.15, 0.2) is 0 Å². The van der Waals surface area contributed by atoms with E-state index in [4.69, 9.17) is 5.11 Å². The van der Waals surface area contributed by atoms with Crippen LogP contribution in [0.25, 0.3) is 0 Å². The number of halogens is 2. The van der Waals surface area contributed by atoms with Crippen LogP contribution in [0.3, 0.4) is 0 Å². The molecule has 1 saturated heterocycles. The molecule has 0 aromatic heterocycles. The number of hydrogen-bond donors (Lipinski definition) is 1. The first kappa shape index (κ1) is 13.3. The Balaban J connectivity index is 1.93. The molecular formula is C12H14BrFN2O2. The van der Waals surface area contributed by atoms with Gasteiger partial charge >= 0.3 is 6.09 Å². The van der Waals surface area contributed by atoms with Crippen molar-refractivity contribution < 1.29 is 14.3 Å². The molecule has 0 saturated carbocycles. The maximum Gasteiger partial charge on any atom is 0.407 e. The lowest BCUT2D eigenvalue weighted by molar-refractivity contribution is 0.103. The van der Waals surface area contributed by atoms with Crippen molar-refractivity contribution in [3.63, 3.8) is 0 Å². The highest BCUT2D eigenvalue weighted by Gasteiger charge is 2.20. The van der Waals surface area contributed by atoms with Gasteiger partial charge in [0.25, 0.3) is 0 Å². The summed E-state index contributed by atoms with van der Waals surface area (Å²) in [5, 5.41) is 8.85. The van der Waals surface area contributed by atoms with Gasteiger partial charge in [-0.3, -0.25) is 4.90 Å². The third-order valence-electron chi connectivity index (χ3n) is 3.05. The van der Waals surface area contributed by atoms with E-state index in [-0.39, 0.29) is 5.82 Å². The topological polar surface area (TPSA) is 43.8 Å². The maximum atomic E-state index is 13.0. The number of carboxylic acid groups (broad SMARTS) is 1. The van der Waals surface area contributed by atoms with Crippen molar-refractivity contribution in [2.75, 3.05) is 26.2 Å². The minimum absolute atomic E-state index is 0.263. The second-order valence-corrected chi connectivity index (χ2v) is 5.14. The Bertz CT molecular complexity index is 448. The normalized spacial score (nSPS) is 16.9. The van der Waals surface area contributed by atoms with Gasteiger partial charge in [-0.25, -0.2) is 9.18 Å². The average molecular weight is 317 g/mol. The first-order chi connectivity index (χ1) is 8.56. The lowest BCUT2D eigenvalue weighted by Crippen LogP contribution is -2.47. The van der Waals surface area contributed by atoms with Crippen molar-refractivity contribution in [1.82, 2.24) is 9.80 Å². The van der Waals surface area contributed by atoms with Crippen LogP contribution in [-0.4, -0.2) is 47.2 Å². The number of carbonyl (C=O) groups is 1. The predicted molar refractivity (Wildman–Crippen MR) is 69.0 cm³/mol. The Morgan fingerprint density at radius 1 is 1.33 bits per heavy atom. The molecule has 1 aliphatic rings. The summed E-state index contributed by atoms with van der Waals surface area (Å²) in [7, 11) is 0. The largest absolute Gasteiger partial charge is 0.465 e. The monoisotopic (exact) mass is 316 g/mol. The molecule has 18 heavy (non-hydrogen) atoms. The molecule has 1 fully saturated rings. The zero-order chi connectivity index (χ0) is 13.1. The summed E-state index contributed by atoms with van der Waals surface area (Å²) in [6, 6.07) is 4.64. The lowest BCUT2D eigenvalue weighted by Gasteiger charge is -2.33. The molecule has 0 atom stereocenters. The second kappa shape index (κ2) is 5.67. The predicted octanol–water partition coefficient (Wildman–Crippen LogP) is 2.38. The van der Waals surface area contributed by atoms with Gasteiger partial charge < -0.3 is 10.0 Å². The number of piperazine rings is 1. The molecule has 1 aromatic rings. The average Bonchev–Trinajstić information content (AvgIpc) is 2.33. The summed E-state index contributed by atoms with van der Waals surface area (Å²) in [5.74, 6) is -0.263. The second-order valence-electron chi connectivity index (χ2n) is 4.28. The van der Waals surface area contributed by atoms with Gasteiger partial charge in [-0.1, -0.05) is 22.0 Å². The quantitative estimate of drug-likeness (QED) is 0.911. The first-order valence-electron chi connectivity index (χ1n) is 5.70. The molecule has 1 heterocycles. The van der Waals surface area contributed by atoms with Crippen molar-refractivity contribution in [1.29, 1.82) is 0 Å². The Hall–Kier alpha value is -1.14. The fourth-order valence-electron chi connectivity index (χ4n) is 1.99. The number of hydrogen-bond acceptors (Lipinski definition) is 2. The van der Waals surface area contributed by atoms with Crippen molar-refractivity contribution >= 4 is 22.0 Å². The van der Waals surface area contributed by atoms with Gasteiger partial charge in [0, 0.05) is 37.2 Å². The van der Waals surface area contributed by atoms with Crippen molar-refractivity contribution in [2.45, 2.75) is 6.54 Å². The number of nitrogens with zero attached hydrogens (tertiary/aromatic N) is 2. The molecule has 2 rings (SSSR count). The van der Waals surface area contributed by atoms with Gasteiger partial charge in [0.05, 0.1) is 0 Å². The van der Waals surface area contributed by atoms with Gasteiger partial charge in [0.1, 0.15) is 5.82 Å². The van der Waals surface area contributed by atoms with Crippen LogP contribution < -0.4 is 0 Å². The van der Waals surface area contributed by atoms with E-state index in [0.717, 1.165) is 10.0 Å². The minimum Gasteiger partial charge on any atom is -0.465 e. The van der Waals surface area contributed by atoms with E-state index < -0.39 is 6.09 Å². The van der Waals surface area contributed by atoms with Gasteiger partial charge in [-0.2, -0.15) is 0 Å². The molecule has 0 spiro atoms. The SMILES string of the molecule is O=C(O)N1CCN(Cc2ccc(F)cc2Br)CC1. The van der Waals surface area contributed by atoms with Gasteiger partial charge in [0.2, 0.25) is 0 Å². The van der Waals surface area contributed by atoms with Crippen molar-refractivity contribution in [3.8, 4) is 0 Å². The summed E-state index contributed by atoms with van der Waals surface area (Å²) in [6.07, 6.45) is -0.863. The summed E-state index contributed by atoms with van der Waals surface area (Å²) in [6.45, 7) is 3.16. The van der Waals surface area contributed by atoms with E-state index in [0.29, 0.717) is 32.7 Å². The Labute approximate surface area is 113 Å². The highest BCUT2D eigenvalue weighted by molar-refractivity contribution is 9.10. The molecular weight excluding hydrogens is 303 g/mol. The van der Waals surface area contributed by atoms with Gasteiger partial charge in [-0.05, 0) is 17.7 Å². The number of amides is 1. The van der Waals surface area contributed by atoms with E-state index in [9.17, 15) is 9.18 Å². The van der Waals surface area contributed by atoms with Crippen molar-refractivity contribution in [2.24, 2.45) is 0 Å². The summed E-state index contributed by atoms with van der Waals surface area (Å²) >= 11 is 3.34. The molecule has 98 valence electrons. The molecule has 0 radical (unpaired) electrons. The number of benzene rings is 1. The fourth-order valence-corrected chi connectivity index (χ4v) is 2.46. The van der Waals surface area contributed by atoms with Crippen LogP contribution in [0.4, 0.5) is 9.18 Å². The van der Waals surface area contributed by atoms with E-state index in [1.807, 2.05) is 0 Å². The zero-order valence-corrected chi connectivity index (χ0v) is 11.4. The third-order valence-corrected chi connectivity index (χ3v) is 3.79. The van der Waals surface area contributed by atoms with E-state index >= 15 is 0 Å². The smallest absolute Gasteiger partial charge is 0.407 e. The molecule has 1 aliphatic heterocycles. The Morgan fingerprint density at radius 3 is 2.56 bits per heavy atom. The van der Waals surface area contributed by atoms with Crippen LogP contribution in [0.2, 0.25) is 0 Å². The molecule has 1 aromatic carbocycles. The summed E-state index contributed by atoms with van der Waals surface area (Å²) < 4.78 is 13.7. The van der Waals surface area contributed by atoms with Crippen LogP contribution >= 0.6 is 15.9 Å².